The quantitative estimate of drug-likeness (QED) is 0.408. The van der Waals surface area contributed by atoms with E-state index in [1.807, 2.05) is 11.9 Å². The molecule has 1 atom stereocenters. The first-order valence-electron chi connectivity index (χ1n) is 11.4. The van der Waals surface area contributed by atoms with Crippen molar-refractivity contribution in [3.8, 4) is 0 Å². The van der Waals surface area contributed by atoms with Crippen molar-refractivity contribution in [1.29, 1.82) is 0 Å². The average Bonchev–Trinajstić information content (AvgIpc) is 3.10. The Labute approximate surface area is 173 Å². The smallest absolute Gasteiger partial charge is 0.222 e. The van der Waals surface area contributed by atoms with Crippen molar-refractivity contribution in [3.63, 3.8) is 0 Å². The van der Waals surface area contributed by atoms with Crippen LogP contribution in [0.25, 0.3) is 0 Å². The minimum absolute atomic E-state index is 0.226. The van der Waals surface area contributed by atoms with Crippen LogP contribution in [-0.4, -0.2) is 48.6 Å². The van der Waals surface area contributed by atoms with Crippen LogP contribution in [0.1, 0.15) is 104 Å². The van der Waals surface area contributed by atoms with Gasteiger partial charge in [0.15, 0.2) is 0 Å². The lowest BCUT2D eigenvalue weighted by molar-refractivity contribution is -0.129. The summed E-state index contributed by atoms with van der Waals surface area (Å²) in [7, 11) is 1.98. The number of carbonyl (C=O) groups excluding carboxylic acids is 3. The molecule has 0 radical (unpaired) electrons. The van der Waals surface area contributed by atoms with Crippen LogP contribution in [0.15, 0.2) is 0 Å². The first-order valence-corrected chi connectivity index (χ1v) is 11.4. The van der Waals surface area contributed by atoms with Gasteiger partial charge in [0.05, 0.1) is 0 Å². The second-order valence-electron chi connectivity index (χ2n) is 8.02. The van der Waals surface area contributed by atoms with Crippen molar-refractivity contribution in [2.45, 2.75) is 110 Å². The van der Waals surface area contributed by atoms with Crippen LogP contribution in [0.2, 0.25) is 0 Å². The van der Waals surface area contributed by atoms with Crippen LogP contribution in [0.5, 0.6) is 0 Å². The molecule has 1 aliphatic rings. The van der Waals surface area contributed by atoms with E-state index in [9.17, 15) is 14.4 Å². The van der Waals surface area contributed by atoms with Crippen molar-refractivity contribution in [1.82, 2.24) is 10.2 Å². The third kappa shape index (κ3) is 14.8. The number of carbonyl (C=O) groups is 3. The van der Waals surface area contributed by atoms with Crippen molar-refractivity contribution in [3.05, 3.63) is 0 Å². The molecule has 0 aromatic heterocycles. The maximum absolute atomic E-state index is 11.5. The molecule has 1 fully saturated rings. The summed E-state index contributed by atoms with van der Waals surface area (Å²) in [6.07, 6.45) is 12.6. The third-order valence-corrected chi connectivity index (χ3v) is 5.35. The fraction of sp³-hybridized carbons (Fsp3) is 0.870. The number of hydrogen-bond acceptors (Lipinski definition) is 4. The van der Waals surface area contributed by atoms with Gasteiger partial charge in [-0.25, -0.2) is 0 Å². The normalized spacial score (nSPS) is 14.6. The third-order valence-electron chi connectivity index (χ3n) is 5.35. The van der Waals surface area contributed by atoms with Crippen molar-refractivity contribution in [2.75, 3.05) is 20.1 Å². The van der Waals surface area contributed by atoms with Gasteiger partial charge in [-0.3, -0.25) is 9.59 Å². The largest absolute Gasteiger partial charge is 0.340 e. The van der Waals surface area contributed by atoms with Gasteiger partial charge in [0, 0.05) is 38.3 Å². The van der Waals surface area contributed by atoms with Crippen LogP contribution < -0.4 is 5.32 Å². The van der Waals surface area contributed by atoms with Crippen molar-refractivity contribution >= 4 is 17.5 Å². The summed E-state index contributed by atoms with van der Waals surface area (Å²) in [5.41, 5.74) is 0. The van der Waals surface area contributed by atoms with Crippen molar-refractivity contribution < 1.29 is 14.4 Å². The fourth-order valence-electron chi connectivity index (χ4n) is 3.33. The molecule has 1 unspecified atom stereocenters. The van der Waals surface area contributed by atoms with Gasteiger partial charge in [-0.2, -0.15) is 0 Å². The molecule has 164 valence electrons. The average molecular weight is 397 g/mol. The summed E-state index contributed by atoms with van der Waals surface area (Å²) >= 11 is 0. The molecule has 5 heteroatoms. The zero-order valence-corrected chi connectivity index (χ0v) is 18.9. The minimum Gasteiger partial charge on any atom is -0.340 e. The lowest BCUT2D eigenvalue weighted by Crippen LogP contribution is -2.33. The van der Waals surface area contributed by atoms with Gasteiger partial charge in [-0.05, 0) is 66.0 Å². The van der Waals surface area contributed by atoms with E-state index in [-0.39, 0.29) is 5.78 Å². The second kappa shape index (κ2) is 17.8. The maximum atomic E-state index is 11.5. The Morgan fingerprint density at radius 2 is 1.57 bits per heavy atom. The Morgan fingerprint density at radius 3 is 2.11 bits per heavy atom. The van der Waals surface area contributed by atoms with E-state index in [1.54, 1.807) is 6.92 Å². The first-order chi connectivity index (χ1) is 13.4. The Morgan fingerprint density at radius 1 is 1.00 bits per heavy atom. The summed E-state index contributed by atoms with van der Waals surface area (Å²) < 4.78 is 0. The molecule has 5 nitrogen and oxygen atoms in total. The highest BCUT2D eigenvalue weighted by molar-refractivity contribution is 5.79. The van der Waals surface area contributed by atoms with Gasteiger partial charge in [0.1, 0.15) is 11.6 Å². The summed E-state index contributed by atoms with van der Waals surface area (Å²) in [5, 5.41) is 3.14. The molecule has 1 rings (SSSR count). The molecule has 1 amide bonds. The number of rotatable bonds is 15. The Hall–Kier alpha value is -1.23. The molecule has 0 saturated carbocycles. The molecule has 1 heterocycles. The molecule has 0 bridgehead atoms. The van der Waals surface area contributed by atoms with Gasteiger partial charge in [-0.1, -0.05) is 26.2 Å². The highest BCUT2D eigenvalue weighted by atomic mass is 16.2. The predicted molar refractivity (Wildman–Crippen MR) is 116 cm³/mol. The van der Waals surface area contributed by atoms with Crippen LogP contribution >= 0.6 is 0 Å². The van der Waals surface area contributed by atoms with Gasteiger partial charge in [-0.15, -0.1) is 0 Å². The molecule has 1 saturated heterocycles. The minimum atomic E-state index is 0.226. The zero-order valence-electron chi connectivity index (χ0n) is 18.9. The topological polar surface area (TPSA) is 66.5 Å². The molecule has 1 N–H and O–H groups in total. The second-order valence-corrected chi connectivity index (χ2v) is 8.02. The van der Waals surface area contributed by atoms with E-state index in [1.165, 1.54) is 25.7 Å². The SMILES string of the molecule is CCC(C)N1CCCC1=O.CNCCCCCCCC(=O)CCCCC(C)=O. The molecule has 0 aromatic carbocycles. The molecular weight excluding hydrogens is 352 g/mol. The van der Waals surface area contributed by atoms with E-state index in [4.69, 9.17) is 0 Å². The molecule has 0 aromatic rings. The van der Waals surface area contributed by atoms with E-state index in [0.717, 1.165) is 58.0 Å². The molecule has 0 spiro atoms. The number of ketones is 2. The first kappa shape index (κ1) is 26.8. The van der Waals surface area contributed by atoms with Crippen LogP contribution in [0.4, 0.5) is 0 Å². The predicted octanol–water partition coefficient (Wildman–Crippen LogP) is 4.67. The molecular formula is C23H44N2O3. The van der Waals surface area contributed by atoms with E-state index in [0.29, 0.717) is 30.6 Å². The van der Waals surface area contributed by atoms with Gasteiger partial charge >= 0.3 is 0 Å². The molecule has 28 heavy (non-hydrogen) atoms. The fourth-order valence-corrected chi connectivity index (χ4v) is 3.33. The number of amides is 1. The highest BCUT2D eigenvalue weighted by Crippen LogP contribution is 2.14. The van der Waals surface area contributed by atoms with Gasteiger partial charge in [0.2, 0.25) is 5.91 Å². The lowest BCUT2D eigenvalue weighted by atomic mass is 10.0. The van der Waals surface area contributed by atoms with Crippen LogP contribution in [-0.2, 0) is 14.4 Å². The number of likely N-dealkylation sites (tertiary alicyclic amines) is 1. The van der Waals surface area contributed by atoms with Gasteiger partial charge in [0.25, 0.3) is 0 Å². The van der Waals surface area contributed by atoms with E-state index >= 15 is 0 Å². The number of Topliss-reactive ketones (excluding diaryl/α,β-unsaturated/α-hetero) is 2. The summed E-state index contributed by atoms with van der Waals surface area (Å²) in [4.78, 5) is 35.3. The van der Waals surface area contributed by atoms with Crippen molar-refractivity contribution in [2.24, 2.45) is 0 Å². The Balaban J connectivity index is 0.000000609. The van der Waals surface area contributed by atoms with E-state index < -0.39 is 0 Å². The molecule has 1 aliphatic heterocycles. The summed E-state index contributed by atoms with van der Waals surface area (Å²) in [5.74, 6) is 0.937. The standard InChI is InChI=1S/C15H29NO2.C8H15NO/c1-14(17)10-7-8-12-15(18)11-6-4-3-5-9-13-16-2;1-3-7(2)9-6-4-5-8(9)10/h16H,3-13H2,1-2H3;7H,3-6H2,1-2H3. The number of nitrogens with one attached hydrogen (secondary N) is 1. The zero-order chi connectivity index (χ0) is 21.2. The Bertz CT molecular complexity index is 438. The number of hydrogen-bond donors (Lipinski definition) is 1. The van der Waals surface area contributed by atoms with Gasteiger partial charge < -0.3 is 15.0 Å². The lowest BCUT2D eigenvalue weighted by Gasteiger charge is -2.22. The summed E-state index contributed by atoms with van der Waals surface area (Å²) in [6, 6.07) is 0.454. The van der Waals surface area contributed by atoms with Crippen LogP contribution in [0.3, 0.4) is 0 Å². The highest BCUT2D eigenvalue weighted by Gasteiger charge is 2.23. The number of nitrogens with zero attached hydrogens (tertiary/aromatic N) is 1. The van der Waals surface area contributed by atoms with Crippen LogP contribution in [0, 0.1) is 0 Å². The summed E-state index contributed by atoms with van der Waals surface area (Å²) in [6.45, 7) is 7.91. The Kier molecular flexibility index (Phi) is 17.1. The maximum Gasteiger partial charge on any atom is 0.222 e. The molecule has 0 aliphatic carbocycles. The number of unbranched alkanes of at least 4 members (excludes halogenated alkanes) is 5. The van der Waals surface area contributed by atoms with E-state index in [2.05, 4.69) is 19.2 Å². The monoisotopic (exact) mass is 396 g/mol.